The number of aliphatic hydroxyl groups excluding tert-OH is 1. The summed E-state index contributed by atoms with van der Waals surface area (Å²) in [7, 11) is 0. The largest absolute Gasteiger partial charge is 0.434 e. The van der Waals surface area contributed by atoms with Crippen LogP contribution in [0.5, 0.6) is 0 Å². The Morgan fingerprint density at radius 1 is 1.15 bits per heavy atom. The molecule has 0 bridgehead atoms. The zero-order valence-electron chi connectivity index (χ0n) is 22.2. The van der Waals surface area contributed by atoms with Gasteiger partial charge in [0.2, 0.25) is 0 Å². The molecule has 4 aliphatic rings. The summed E-state index contributed by atoms with van der Waals surface area (Å²) < 4.78 is 4.96. The summed E-state index contributed by atoms with van der Waals surface area (Å²) in [5, 5.41) is 10.8. The molecule has 3 heteroatoms. The summed E-state index contributed by atoms with van der Waals surface area (Å²) in [5.41, 5.74) is 2.77. The summed E-state index contributed by atoms with van der Waals surface area (Å²) in [6, 6.07) is 0. The third kappa shape index (κ3) is 3.67. The minimum atomic E-state index is -0.165. The number of carbonyl (C=O) groups is 1. The van der Waals surface area contributed by atoms with Crippen molar-refractivity contribution in [2.75, 3.05) is 0 Å². The number of fused-ring (bicyclic) bond motifs is 5. The van der Waals surface area contributed by atoms with Gasteiger partial charge in [-0.05, 0) is 116 Å². The van der Waals surface area contributed by atoms with Crippen molar-refractivity contribution in [1.82, 2.24) is 0 Å². The number of rotatable bonds is 6. The molecule has 186 valence electrons. The van der Waals surface area contributed by atoms with Gasteiger partial charge in [-0.15, -0.1) is 0 Å². The lowest BCUT2D eigenvalue weighted by Gasteiger charge is -2.64. The topological polar surface area (TPSA) is 46.5 Å². The van der Waals surface area contributed by atoms with Gasteiger partial charge in [0.25, 0.3) is 6.47 Å². The number of hydrogen-bond acceptors (Lipinski definition) is 3. The Bertz CT molecular complexity index is 824. The number of ether oxygens (including phenoxy) is 1. The standard InChI is InChI=1S/C30H48O3/c1-20(9-8-10-21(2)33-19-31)22-13-17-30(7)24-11-12-25-27(3,4)26(32)15-16-28(25,5)23(24)14-18-29(22,30)6/h10-11,19-20,22-23,25-26,32H,8-9,12-18H2,1-7H3. The quantitative estimate of drug-likeness (QED) is 0.256. The average molecular weight is 457 g/mol. The summed E-state index contributed by atoms with van der Waals surface area (Å²) in [4.78, 5) is 10.6. The van der Waals surface area contributed by atoms with Crippen LogP contribution in [0.15, 0.2) is 23.5 Å². The predicted octanol–water partition coefficient (Wildman–Crippen LogP) is 7.45. The molecule has 0 amide bonds. The Morgan fingerprint density at radius 3 is 2.58 bits per heavy atom. The van der Waals surface area contributed by atoms with E-state index in [1.165, 1.54) is 32.1 Å². The summed E-state index contributed by atoms with van der Waals surface area (Å²) >= 11 is 0. The van der Waals surface area contributed by atoms with E-state index >= 15 is 0 Å². The van der Waals surface area contributed by atoms with Gasteiger partial charge in [-0.3, -0.25) is 4.79 Å². The van der Waals surface area contributed by atoms with Crippen LogP contribution < -0.4 is 0 Å². The first kappa shape index (κ1) is 25.0. The maximum absolute atomic E-state index is 10.8. The van der Waals surface area contributed by atoms with Gasteiger partial charge in [-0.25, -0.2) is 0 Å². The lowest BCUT2D eigenvalue weighted by Crippen LogP contribution is -2.58. The van der Waals surface area contributed by atoms with Crippen molar-refractivity contribution in [3.05, 3.63) is 23.5 Å². The molecule has 3 saturated carbocycles. The van der Waals surface area contributed by atoms with Crippen LogP contribution >= 0.6 is 0 Å². The first-order chi connectivity index (χ1) is 15.4. The summed E-state index contributed by atoms with van der Waals surface area (Å²) in [6.45, 7) is 17.3. The molecule has 0 saturated heterocycles. The lowest BCUT2D eigenvalue weighted by molar-refractivity contribution is -0.131. The third-order valence-electron chi connectivity index (χ3n) is 11.9. The van der Waals surface area contributed by atoms with E-state index in [1.54, 1.807) is 5.57 Å². The van der Waals surface area contributed by atoms with Crippen molar-refractivity contribution in [2.24, 2.45) is 45.3 Å². The molecule has 3 nitrogen and oxygen atoms in total. The molecule has 0 spiro atoms. The van der Waals surface area contributed by atoms with Crippen molar-refractivity contribution in [1.29, 1.82) is 0 Å². The van der Waals surface area contributed by atoms with Crippen molar-refractivity contribution < 1.29 is 14.6 Å². The molecule has 0 radical (unpaired) electrons. The molecule has 8 unspecified atom stereocenters. The normalized spacial score (nSPS) is 45.3. The Hall–Kier alpha value is -1.09. The van der Waals surface area contributed by atoms with Crippen molar-refractivity contribution >= 4 is 6.47 Å². The maximum Gasteiger partial charge on any atom is 0.298 e. The van der Waals surface area contributed by atoms with Crippen LogP contribution in [-0.4, -0.2) is 17.7 Å². The number of aliphatic hydroxyl groups is 1. The number of allylic oxidation sites excluding steroid dienone is 4. The minimum Gasteiger partial charge on any atom is -0.434 e. The van der Waals surface area contributed by atoms with Gasteiger partial charge < -0.3 is 9.84 Å². The monoisotopic (exact) mass is 456 g/mol. The van der Waals surface area contributed by atoms with E-state index in [-0.39, 0.29) is 11.5 Å². The molecule has 8 atom stereocenters. The molecule has 3 fully saturated rings. The maximum atomic E-state index is 10.8. The zero-order valence-corrected chi connectivity index (χ0v) is 22.2. The van der Waals surface area contributed by atoms with E-state index in [0.29, 0.717) is 40.5 Å². The summed E-state index contributed by atoms with van der Waals surface area (Å²) in [6.07, 6.45) is 15.3. The molecule has 0 aliphatic heterocycles. The van der Waals surface area contributed by atoms with Crippen LogP contribution in [0, 0.1) is 45.3 Å². The minimum absolute atomic E-state index is 0.00260. The van der Waals surface area contributed by atoms with Crippen molar-refractivity contribution in [2.45, 2.75) is 112 Å². The van der Waals surface area contributed by atoms with Crippen LogP contribution in [0.1, 0.15) is 106 Å². The van der Waals surface area contributed by atoms with Crippen LogP contribution in [-0.2, 0) is 9.53 Å². The van der Waals surface area contributed by atoms with Crippen LogP contribution in [0.2, 0.25) is 0 Å². The first-order valence-electron chi connectivity index (χ1n) is 13.6. The molecule has 0 heterocycles. The molecule has 1 N–H and O–H groups in total. The summed E-state index contributed by atoms with van der Waals surface area (Å²) in [5.74, 6) is 3.40. The average Bonchev–Trinajstić information content (AvgIpc) is 3.03. The second-order valence-electron chi connectivity index (χ2n) is 13.4. The van der Waals surface area contributed by atoms with Crippen molar-refractivity contribution in [3.8, 4) is 0 Å². The van der Waals surface area contributed by atoms with Gasteiger partial charge in [0.05, 0.1) is 6.10 Å². The highest BCUT2D eigenvalue weighted by Crippen LogP contribution is 2.73. The van der Waals surface area contributed by atoms with E-state index in [9.17, 15) is 9.90 Å². The second kappa shape index (κ2) is 8.54. The molecule has 4 rings (SSSR count). The zero-order chi connectivity index (χ0) is 24.2. The molecule has 33 heavy (non-hydrogen) atoms. The predicted molar refractivity (Wildman–Crippen MR) is 134 cm³/mol. The molecular formula is C30H48O3. The van der Waals surface area contributed by atoms with Gasteiger partial charge in [0.15, 0.2) is 0 Å². The highest BCUT2D eigenvalue weighted by atomic mass is 16.5. The highest BCUT2D eigenvalue weighted by Gasteiger charge is 2.65. The second-order valence-corrected chi connectivity index (χ2v) is 13.4. The Labute approximate surface area is 202 Å². The number of hydrogen-bond donors (Lipinski definition) is 1. The molecule has 0 aromatic heterocycles. The van der Waals surface area contributed by atoms with E-state index in [0.717, 1.165) is 37.4 Å². The Morgan fingerprint density at radius 2 is 1.88 bits per heavy atom. The smallest absolute Gasteiger partial charge is 0.298 e. The fourth-order valence-electron chi connectivity index (χ4n) is 9.53. The molecule has 0 aromatic carbocycles. The molecular weight excluding hydrogens is 408 g/mol. The Balaban J connectivity index is 1.57. The van der Waals surface area contributed by atoms with Gasteiger partial charge >= 0.3 is 0 Å². The van der Waals surface area contributed by atoms with E-state index in [4.69, 9.17) is 4.74 Å². The van der Waals surface area contributed by atoms with Crippen LogP contribution in [0.3, 0.4) is 0 Å². The third-order valence-corrected chi connectivity index (χ3v) is 11.9. The Kier molecular flexibility index (Phi) is 6.47. The van der Waals surface area contributed by atoms with Crippen LogP contribution in [0.4, 0.5) is 0 Å². The van der Waals surface area contributed by atoms with Crippen LogP contribution in [0.25, 0.3) is 0 Å². The van der Waals surface area contributed by atoms with Crippen molar-refractivity contribution in [3.63, 3.8) is 0 Å². The highest BCUT2D eigenvalue weighted by molar-refractivity contribution is 5.39. The van der Waals surface area contributed by atoms with Gasteiger partial charge in [0.1, 0.15) is 5.76 Å². The molecule has 4 aliphatic carbocycles. The fraction of sp³-hybridized carbons (Fsp3) is 0.833. The van der Waals surface area contributed by atoms with Gasteiger partial charge in [-0.1, -0.05) is 53.2 Å². The fourth-order valence-corrected chi connectivity index (χ4v) is 9.53. The lowest BCUT2D eigenvalue weighted by atomic mass is 9.41. The number of carbonyl (C=O) groups excluding carboxylic acids is 1. The molecule has 0 aromatic rings. The van der Waals surface area contributed by atoms with E-state index in [1.807, 2.05) is 6.92 Å². The van der Waals surface area contributed by atoms with E-state index in [2.05, 4.69) is 53.7 Å². The van der Waals surface area contributed by atoms with E-state index < -0.39 is 0 Å². The first-order valence-corrected chi connectivity index (χ1v) is 13.6. The SMILES string of the molecule is CC(=CCCC(C)C1CCC2(C)C3=CCC4C(C)(C)C(O)CCC4(C)C3CCC12C)OC=O. The van der Waals surface area contributed by atoms with Gasteiger partial charge in [-0.2, -0.15) is 0 Å². The van der Waals surface area contributed by atoms with Gasteiger partial charge in [0, 0.05) is 0 Å².